The van der Waals surface area contributed by atoms with Crippen LogP contribution in [-0.2, 0) is 13.7 Å². The quantitative estimate of drug-likeness (QED) is 0.680. The van der Waals surface area contributed by atoms with E-state index in [-0.39, 0.29) is 29.0 Å². The Hall–Kier alpha value is -0.666. The molecular weight excluding hydrogens is 244 g/mol. The number of aliphatic carboxylic acids is 2. The third-order valence-corrected chi connectivity index (χ3v) is 3.38. The average molecular weight is 266 g/mol. The molecule has 0 aromatic rings. The fourth-order valence-electron chi connectivity index (χ4n) is 0.824. The van der Waals surface area contributed by atoms with Gasteiger partial charge in [0.15, 0.2) is 9.76 Å². The van der Waals surface area contributed by atoms with Gasteiger partial charge in [-0.2, -0.15) is 0 Å². The summed E-state index contributed by atoms with van der Waals surface area (Å²) in [4.78, 5) is 19.6. The molecule has 0 radical (unpaired) electrons. The van der Waals surface area contributed by atoms with Crippen molar-refractivity contribution in [3.63, 3.8) is 0 Å². The lowest BCUT2D eigenvalue weighted by Gasteiger charge is -2.14. The fourth-order valence-corrected chi connectivity index (χ4v) is 4.29. The molecule has 0 unspecified atom stereocenters. The van der Waals surface area contributed by atoms with Crippen LogP contribution in [-0.4, -0.2) is 42.4 Å². The fraction of sp³-hybridized carbons (Fsp3) is 0.778. The van der Waals surface area contributed by atoms with Gasteiger partial charge in [-0.15, -0.1) is 0 Å². The second kappa shape index (κ2) is 9.55. The zero-order valence-electron chi connectivity index (χ0n) is 10.4. The van der Waals surface area contributed by atoms with Crippen molar-refractivity contribution < 1.29 is 23.9 Å². The van der Waals surface area contributed by atoms with Crippen molar-refractivity contribution in [1.29, 1.82) is 0 Å². The SMILES string of the molecule is CC(C)(C)[SiH2]O[SiH3].O=C(O)CCCC(=O)O. The Morgan fingerprint density at radius 3 is 1.69 bits per heavy atom. The number of carboxylic acids is 2. The predicted molar refractivity (Wildman–Crippen MR) is 68.4 cm³/mol. The molecule has 0 aliphatic carbocycles. The summed E-state index contributed by atoms with van der Waals surface area (Å²) < 4.78 is 5.18. The lowest BCUT2D eigenvalue weighted by Crippen LogP contribution is -2.10. The lowest BCUT2D eigenvalue weighted by molar-refractivity contribution is -0.138. The number of hydrogen-bond donors (Lipinski definition) is 2. The van der Waals surface area contributed by atoms with Crippen molar-refractivity contribution in [2.45, 2.75) is 45.1 Å². The first kappa shape index (κ1) is 17.7. The molecule has 16 heavy (non-hydrogen) atoms. The molecule has 7 heteroatoms. The standard InChI is InChI=1S/C5H8O4.C4H14OSi2/c6-4(7)2-1-3-5(8)9;1-4(2,3)7-5-6/h1-3H2,(H,6,7)(H,8,9);7H2,1-3,6H3. The van der Waals surface area contributed by atoms with Gasteiger partial charge in [-0.25, -0.2) is 0 Å². The Labute approximate surface area is 102 Å². The molecule has 0 saturated carbocycles. The molecule has 0 bridgehead atoms. The van der Waals surface area contributed by atoms with E-state index < -0.39 is 11.9 Å². The first-order valence-corrected chi connectivity index (χ1v) is 7.21. The van der Waals surface area contributed by atoms with Crippen molar-refractivity contribution in [2.24, 2.45) is 0 Å². The van der Waals surface area contributed by atoms with Gasteiger partial charge in [-0.3, -0.25) is 9.59 Å². The molecule has 0 aromatic carbocycles. The highest BCUT2D eigenvalue weighted by molar-refractivity contribution is 6.37. The number of hydrogen-bond acceptors (Lipinski definition) is 3. The van der Waals surface area contributed by atoms with E-state index in [0.717, 1.165) is 10.5 Å². The second-order valence-corrected chi connectivity index (χ2v) is 9.35. The van der Waals surface area contributed by atoms with E-state index in [1.807, 2.05) is 0 Å². The van der Waals surface area contributed by atoms with E-state index in [1.54, 1.807) is 0 Å². The highest BCUT2D eigenvalue weighted by Gasteiger charge is 2.08. The Bertz CT molecular complexity index is 198. The number of rotatable bonds is 5. The molecule has 0 amide bonds. The van der Waals surface area contributed by atoms with E-state index in [0.29, 0.717) is 5.04 Å². The van der Waals surface area contributed by atoms with Gasteiger partial charge >= 0.3 is 11.9 Å². The highest BCUT2D eigenvalue weighted by Crippen LogP contribution is 2.18. The maximum atomic E-state index is 9.79. The van der Waals surface area contributed by atoms with Gasteiger partial charge in [0.25, 0.3) is 0 Å². The smallest absolute Gasteiger partial charge is 0.303 e. The molecule has 0 aromatic heterocycles. The maximum absolute atomic E-state index is 9.79. The van der Waals surface area contributed by atoms with Gasteiger partial charge in [-0.05, 0) is 11.5 Å². The molecule has 0 heterocycles. The molecule has 0 saturated heterocycles. The first-order chi connectivity index (χ1) is 7.19. The van der Waals surface area contributed by atoms with E-state index in [1.165, 1.54) is 0 Å². The molecule has 0 fully saturated rings. The van der Waals surface area contributed by atoms with Crippen LogP contribution in [0.1, 0.15) is 40.0 Å². The van der Waals surface area contributed by atoms with Crippen molar-refractivity contribution in [1.82, 2.24) is 0 Å². The summed E-state index contributed by atoms with van der Waals surface area (Å²) in [5.41, 5.74) is 0. The first-order valence-electron chi connectivity index (χ1n) is 5.11. The van der Waals surface area contributed by atoms with Gasteiger partial charge in [-0.1, -0.05) is 20.8 Å². The summed E-state index contributed by atoms with van der Waals surface area (Å²) in [6.45, 7) is 6.70. The summed E-state index contributed by atoms with van der Waals surface area (Å²) in [5, 5.41) is 16.6. The molecule has 2 N–H and O–H groups in total. The van der Waals surface area contributed by atoms with Gasteiger partial charge in [0, 0.05) is 12.8 Å². The topological polar surface area (TPSA) is 83.8 Å². The van der Waals surface area contributed by atoms with E-state index in [4.69, 9.17) is 14.3 Å². The van der Waals surface area contributed by atoms with Gasteiger partial charge in [0.05, 0.1) is 0 Å². The Balaban J connectivity index is 0. The minimum atomic E-state index is -0.948. The summed E-state index contributed by atoms with van der Waals surface area (Å²) in [7, 11) is 0.753. The van der Waals surface area contributed by atoms with Crippen LogP contribution in [0.15, 0.2) is 0 Å². The minimum Gasteiger partial charge on any atom is -0.481 e. The summed E-state index contributed by atoms with van der Waals surface area (Å²) in [6.07, 6.45) is 0.0866. The zero-order valence-corrected chi connectivity index (χ0v) is 13.9. The van der Waals surface area contributed by atoms with Crippen LogP contribution in [0.25, 0.3) is 0 Å². The molecule has 0 aliphatic rings. The summed E-state index contributed by atoms with van der Waals surface area (Å²) in [5.74, 6) is -1.90. The van der Waals surface area contributed by atoms with Crippen molar-refractivity contribution in [3.05, 3.63) is 0 Å². The van der Waals surface area contributed by atoms with Crippen molar-refractivity contribution in [2.75, 3.05) is 0 Å². The van der Waals surface area contributed by atoms with Crippen LogP contribution < -0.4 is 0 Å². The van der Waals surface area contributed by atoms with Gasteiger partial charge in [0.1, 0.15) is 10.5 Å². The van der Waals surface area contributed by atoms with Gasteiger partial charge < -0.3 is 14.3 Å². The Kier molecular flexibility index (Phi) is 10.6. The molecule has 0 atom stereocenters. The Morgan fingerprint density at radius 1 is 1.19 bits per heavy atom. The monoisotopic (exact) mass is 266 g/mol. The molecule has 5 nitrogen and oxygen atoms in total. The third-order valence-electron chi connectivity index (χ3n) is 1.36. The van der Waals surface area contributed by atoms with Crippen LogP contribution >= 0.6 is 0 Å². The largest absolute Gasteiger partial charge is 0.481 e. The maximum Gasteiger partial charge on any atom is 0.303 e. The lowest BCUT2D eigenvalue weighted by atomic mass is 10.2. The van der Waals surface area contributed by atoms with E-state index >= 15 is 0 Å². The molecule has 96 valence electrons. The average Bonchev–Trinajstić information content (AvgIpc) is 2.00. The molecular formula is C9H22O5Si2. The molecule has 0 aliphatic heterocycles. The van der Waals surface area contributed by atoms with E-state index in [2.05, 4.69) is 20.8 Å². The third kappa shape index (κ3) is 23.3. The van der Waals surface area contributed by atoms with Crippen LogP contribution in [0.5, 0.6) is 0 Å². The van der Waals surface area contributed by atoms with Crippen LogP contribution in [0.3, 0.4) is 0 Å². The van der Waals surface area contributed by atoms with Crippen molar-refractivity contribution >= 4 is 32.2 Å². The Morgan fingerprint density at radius 2 is 1.56 bits per heavy atom. The van der Waals surface area contributed by atoms with Crippen LogP contribution in [0.2, 0.25) is 5.04 Å². The summed E-state index contributed by atoms with van der Waals surface area (Å²) in [6, 6.07) is 0. The van der Waals surface area contributed by atoms with Crippen LogP contribution in [0, 0.1) is 0 Å². The second-order valence-electron chi connectivity index (χ2n) is 4.63. The van der Waals surface area contributed by atoms with Crippen LogP contribution in [0.4, 0.5) is 0 Å². The highest BCUT2D eigenvalue weighted by atomic mass is 28.3. The number of carboxylic acid groups (broad SMARTS) is 2. The normalized spacial score (nSPS) is 11.2. The molecule has 0 spiro atoms. The van der Waals surface area contributed by atoms with Gasteiger partial charge in [0.2, 0.25) is 0 Å². The molecule has 0 rings (SSSR count). The number of carbonyl (C=O) groups is 2. The predicted octanol–water partition coefficient (Wildman–Crippen LogP) is -0.0885. The summed E-state index contributed by atoms with van der Waals surface area (Å²) >= 11 is 0. The van der Waals surface area contributed by atoms with Crippen molar-refractivity contribution in [3.8, 4) is 0 Å². The van der Waals surface area contributed by atoms with E-state index in [9.17, 15) is 9.59 Å². The minimum absolute atomic E-state index is 0.0632. The zero-order chi connectivity index (χ0) is 13.2.